The zero-order chi connectivity index (χ0) is 16.8. The molecule has 2 aromatic rings. The lowest BCUT2D eigenvalue weighted by atomic mass is 10.2. The van der Waals surface area contributed by atoms with Gasteiger partial charge in [-0.15, -0.1) is 11.8 Å². The smallest absolute Gasteiger partial charge is 0.387 e. The van der Waals surface area contributed by atoms with E-state index in [1.165, 1.54) is 23.9 Å². The Morgan fingerprint density at radius 2 is 2.13 bits per heavy atom. The summed E-state index contributed by atoms with van der Waals surface area (Å²) in [6, 6.07) is 6.07. The van der Waals surface area contributed by atoms with Gasteiger partial charge < -0.3 is 14.6 Å². The average molecular weight is 342 g/mol. The normalized spacial score (nSPS) is 10.8. The van der Waals surface area contributed by atoms with Crippen molar-refractivity contribution in [1.82, 2.24) is 5.16 Å². The number of thioether (sulfide) groups is 1. The summed E-state index contributed by atoms with van der Waals surface area (Å²) < 4.78 is 34.1. The number of carbonyl (C=O) groups is 1. The summed E-state index contributed by atoms with van der Waals surface area (Å²) in [5.41, 5.74) is 1.98. The molecule has 1 heterocycles. The van der Waals surface area contributed by atoms with Crippen LogP contribution in [0.1, 0.15) is 17.0 Å². The third-order valence-corrected chi connectivity index (χ3v) is 4.00. The van der Waals surface area contributed by atoms with Crippen LogP contribution in [-0.2, 0) is 10.5 Å². The number of anilines is 1. The zero-order valence-electron chi connectivity index (χ0n) is 12.6. The molecule has 0 radical (unpaired) electrons. The van der Waals surface area contributed by atoms with E-state index >= 15 is 0 Å². The first-order chi connectivity index (χ1) is 11.0. The fourth-order valence-corrected chi connectivity index (χ4v) is 2.88. The molecule has 2 rings (SSSR count). The van der Waals surface area contributed by atoms with Gasteiger partial charge in [-0.1, -0.05) is 17.3 Å². The van der Waals surface area contributed by atoms with Crippen LogP contribution in [0.25, 0.3) is 0 Å². The molecule has 8 heteroatoms. The molecule has 0 saturated heterocycles. The van der Waals surface area contributed by atoms with E-state index in [9.17, 15) is 13.6 Å². The molecule has 0 fully saturated rings. The molecular formula is C15H16F2N2O3S. The molecule has 0 aliphatic heterocycles. The van der Waals surface area contributed by atoms with E-state index in [1.807, 2.05) is 13.8 Å². The third-order valence-electron chi connectivity index (χ3n) is 3.04. The summed E-state index contributed by atoms with van der Waals surface area (Å²) in [5.74, 6) is 1.13. The number of amides is 1. The number of aryl methyl sites for hydroxylation is 2. The van der Waals surface area contributed by atoms with E-state index in [2.05, 4.69) is 15.2 Å². The number of rotatable bonds is 7. The highest BCUT2D eigenvalue weighted by atomic mass is 32.2. The number of alkyl halides is 2. The van der Waals surface area contributed by atoms with E-state index in [0.29, 0.717) is 5.75 Å². The largest absolute Gasteiger partial charge is 0.433 e. The number of ether oxygens (including phenoxy) is 1. The van der Waals surface area contributed by atoms with Crippen LogP contribution in [0.15, 0.2) is 28.8 Å². The van der Waals surface area contributed by atoms with E-state index in [0.717, 1.165) is 17.0 Å². The number of nitrogens with zero attached hydrogens (tertiary/aromatic N) is 1. The lowest BCUT2D eigenvalue weighted by Gasteiger charge is -2.11. The van der Waals surface area contributed by atoms with Gasteiger partial charge in [0.1, 0.15) is 11.5 Å². The molecule has 0 aliphatic rings. The Bertz CT molecular complexity index is 657. The minimum absolute atomic E-state index is 0.0634. The fourth-order valence-electron chi connectivity index (χ4n) is 1.91. The Balaban J connectivity index is 1.88. The molecule has 1 amide bonds. The summed E-state index contributed by atoms with van der Waals surface area (Å²) in [4.78, 5) is 11.9. The maximum atomic E-state index is 12.3. The van der Waals surface area contributed by atoms with Crippen molar-refractivity contribution >= 4 is 23.4 Å². The molecule has 0 atom stereocenters. The Morgan fingerprint density at radius 1 is 1.39 bits per heavy atom. The van der Waals surface area contributed by atoms with E-state index in [1.54, 1.807) is 12.1 Å². The fraction of sp³-hybridized carbons (Fsp3) is 0.333. The number of nitrogens with one attached hydrogen (secondary N) is 1. The molecule has 0 unspecified atom stereocenters. The van der Waals surface area contributed by atoms with Gasteiger partial charge in [-0.05, 0) is 26.0 Å². The minimum atomic E-state index is -2.94. The maximum absolute atomic E-state index is 12.3. The van der Waals surface area contributed by atoms with Crippen LogP contribution in [0.2, 0.25) is 0 Å². The average Bonchev–Trinajstić information content (AvgIpc) is 2.80. The van der Waals surface area contributed by atoms with Crippen molar-refractivity contribution in [2.75, 3.05) is 11.1 Å². The van der Waals surface area contributed by atoms with Crippen molar-refractivity contribution in [3.8, 4) is 5.75 Å². The molecule has 23 heavy (non-hydrogen) atoms. The van der Waals surface area contributed by atoms with Crippen molar-refractivity contribution < 1.29 is 22.8 Å². The van der Waals surface area contributed by atoms with Gasteiger partial charge >= 0.3 is 6.61 Å². The molecular weight excluding hydrogens is 326 g/mol. The second-order valence-electron chi connectivity index (χ2n) is 4.72. The predicted molar refractivity (Wildman–Crippen MR) is 83.8 cm³/mol. The summed E-state index contributed by atoms with van der Waals surface area (Å²) in [6.45, 7) is 0.708. The van der Waals surface area contributed by atoms with Crippen molar-refractivity contribution in [3.05, 3.63) is 41.3 Å². The maximum Gasteiger partial charge on any atom is 0.387 e. The second-order valence-corrected chi connectivity index (χ2v) is 5.70. The van der Waals surface area contributed by atoms with Gasteiger partial charge in [0.2, 0.25) is 5.91 Å². The summed E-state index contributed by atoms with van der Waals surface area (Å²) >= 11 is 1.39. The minimum Gasteiger partial charge on any atom is -0.433 e. The number of hydrogen-bond acceptors (Lipinski definition) is 5. The molecule has 124 valence electrons. The van der Waals surface area contributed by atoms with Crippen molar-refractivity contribution in [1.29, 1.82) is 0 Å². The number of aromatic nitrogens is 1. The summed E-state index contributed by atoms with van der Waals surface area (Å²) in [6.07, 6.45) is 0. The van der Waals surface area contributed by atoms with Gasteiger partial charge in [0.15, 0.2) is 0 Å². The lowest BCUT2D eigenvalue weighted by Crippen LogP contribution is -2.15. The quantitative estimate of drug-likeness (QED) is 0.830. The Morgan fingerprint density at radius 3 is 2.78 bits per heavy atom. The molecule has 1 N–H and O–H groups in total. The van der Waals surface area contributed by atoms with Crippen LogP contribution in [0.5, 0.6) is 5.75 Å². The van der Waals surface area contributed by atoms with Gasteiger partial charge in [-0.3, -0.25) is 4.79 Å². The van der Waals surface area contributed by atoms with Crippen LogP contribution in [0, 0.1) is 13.8 Å². The number of hydrogen-bond donors (Lipinski definition) is 1. The number of para-hydroxylation sites is 2. The highest BCUT2D eigenvalue weighted by molar-refractivity contribution is 7.99. The van der Waals surface area contributed by atoms with Crippen LogP contribution in [0.4, 0.5) is 14.5 Å². The van der Waals surface area contributed by atoms with Crippen LogP contribution in [-0.4, -0.2) is 23.4 Å². The van der Waals surface area contributed by atoms with Crippen molar-refractivity contribution in [2.24, 2.45) is 0 Å². The first kappa shape index (κ1) is 17.3. The summed E-state index contributed by atoms with van der Waals surface area (Å²) in [5, 5.41) is 6.41. The van der Waals surface area contributed by atoms with Crippen LogP contribution >= 0.6 is 11.8 Å². The Labute approximate surface area is 136 Å². The zero-order valence-corrected chi connectivity index (χ0v) is 13.5. The van der Waals surface area contributed by atoms with Gasteiger partial charge in [-0.25, -0.2) is 0 Å². The Kier molecular flexibility index (Phi) is 5.97. The lowest BCUT2D eigenvalue weighted by molar-refractivity contribution is -0.113. The molecule has 0 spiro atoms. The predicted octanol–water partition coefficient (Wildman–Crippen LogP) is 3.76. The number of carbonyl (C=O) groups excluding carboxylic acids is 1. The van der Waals surface area contributed by atoms with Gasteiger partial charge in [0.05, 0.1) is 17.1 Å². The standard InChI is InChI=1S/C15H16F2N2O3S/c1-9-11(10(2)22-19-9)7-23-8-14(20)18-12-5-3-4-6-13(12)21-15(16)17/h3-6,15H,7-8H2,1-2H3,(H,18,20). The second kappa shape index (κ2) is 7.96. The van der Waals surface area contributed by atoms with Crippen LogP contribution in [0.3, 0.4) is 0 Å². The topological polar surface area (TPSA) is 64.4 Å². The van der Waals surface area contributed by atoms with Crippen molar-refractivity contribution in [2.45, 2.75) is 26.2 Å². The third kappa shape index (κ3) is 4.95. The number of benzene rings is 1. The van der Waals surface area contributed by atoms with E-state index < -0.39 is 6.61 Å². The monoisotopic (exact) mass is 342 g/mol. The highest BCUT2D eigenvalue weighted by Gasteiger charge is 2.13. The molecule has 1 aromatic heterocycles. The molecule has 0 aliphatic carbocycles. The molecule has 1 aromatic carbocycles. The Hall–Kier alpha value is -2.09. The first-order valence-corrected chi connectivity index (χ1v) is 7.96. The van der Waals surface area contributed by atoms with Gasteiger partial charge in [-0.2, -0.15) is 8.78 Å². The van der Waals surface area contributed by atoms with E-state index in [4.69, 9.17) is 4.52 Å². The number of halogens is 2. The molecule has 0 saturated carbocycles. The molecule has 5 nitrogen and oxygen atoms in total. The van der Waals surface area contributed by atoms with Crippen LogP contribution < -0.4 is 10.1 Å². The highest BCUT2D eigenvalue weighted by Crippen LogP contribution is 2.26. The SMILES string of the molecule is Cc1noc(C)c1CSCC(=O)Nc1ccccc1OC(F)F. The van der Waals surface area contributed by atoms with Crippen molar-refractivity contribution in [3.63, 3.8) is 0 Å². The van der Waals surface area contributed by atoms with Gasteiger partial charge in [0.25, 0.3) is 0 Å². The summed E-state index contributed by atoms with van der Waals surface area (Å²) in [7, 11) is 0. The van der Waals surface area contributed by atoms with E-state index in [-0.39, 0.29) is 23.1 Å². The van der Waals surface area contributed by atoms with Gasteiger partial charge in [0, 0.05) is 11.3 Å². The molecule has 0 bridgehead atoms. The first-order valence-electron chi connectivity index (χ1n) is 6.80.